The molecule has 2 N–H and O–H groups in total. The number of fused-ring (bicyclic) bond motifs is 1. The molecule has 1 aliphatic rings. The van der Waals surface area contributed by atoms with Gasteiger partial charge in [-0.25, -0.2) is 4.39 Å². The van der Waals surface area contributed by atoms with Crippen LogP contribution in [-0.2, 0) is 11.2 Å². The van der Waals surface area contributed by atoms with E-state index < -0.39 is 24.0 Å². The average molecular weight is 319 g/mol. The largest absolute Gasteiger partial charge is 0.505 e. The van der Waals surface area contributed by atoms with Crippen LogP contribution in [0.25, 0.3) is 10.9 Å². The van der Waals surface area contributed by atoms with Gasteiger partial charge in [0, 0.05) is 17.0 Å². The molecule has 3 rings (SSSR count). The molecule has 0 aliphatic heterocycles. The second-order valence-electron chi connectivity index (χ2n) is 6.08. The Hall–Kier alpha value is -2.37. The number of carbonyl (C=O) groups excluding carboxylic acids is 1. The number of hydrogen-bond acceptors (Lipinski definition) is 3. The van der Waals surface area contributed by atoms with Crippen LogP contribution in [-0.4, -0.2) is 26.7 Å². The molecule has 0 spiro atoms. The number of aromatic hydroxyl groups is 1. The molecular formula is C17H18FNO4. The Labute approximate surface area is 132 Å². The number of rotatable bonds is 3. The number of halogens is 1. The lowest BCUT2D eigenvalue weighted by Crippen LogP contribution is -2.20. The Balaban J connectivity index is 2.25. The first-order chi connectivity index (χ1) is 10.9. The maximum absolute atomic E-state index is 14.4. The van der Waals surface area contributed by atoms with Gasteiger partial charge in [0.05, 0.1) is 11.9 Å². The Morgan fingerprint density at radius 3 is 2.57 bits per heavy atom. The van der Waals surface area contributed by atoms with Crippen molar-refractivity contribution in [2.24, 2.45) is 5.92 Å². The van der Waals surface area contributed by atoms with Crippen molar-refractivity contribution in [2.45, 2.75) is 39.0 Å². The third kappa shape index (κ3) is 2.48. The van der Waals surface area contributed by atoms with E-state index in [-0.39, 0.29) is 22.8 Å². The molecule has 1 saturated carbocycles. The van der Waals surface area contributed by atoms with Crippen LogP contribution in [0.2, 0.25) is 0 Å². The van der Waals surface area contributed by atoms with E-state index in [2.05, 4.69) is 0 Å². The Bertz CT molecular complexity index is 803. The molecule has 2 aromatic rings. The van der Waals surface area contributed by atoms with E-state index in [0.717, 1.165) is 25.7 Å². The number of carbonyl (C=O) groups is 2. The van der Waals surface area contributed by atoms with Gasteiger partial charge in [-0.3, -0.25) is 14.2 Å². The number of hydrogen-bond donors (Lipinski definition) is 2. The van der Waals surface area contributed by atoms with E-state index in [1.54, 1.807) is 6.92 Å². The number of phenolic OH excluding ortho intramolecular Hbond substituents is 1. The number of carboxylic acid groups (broad SMARTS) is 1. The van der Waals surface area contributed by atoms with Gasteiger partial charge in [-0.1, -0.05) is 12.8 Å². The van der Waals surface area contributed by atoms with Gasteiger partial charge in [-0.2, -0.15) is 0 Å². The molecular weight excluding hydrogens is 301 g/mol. The molecule has 0 radical (unpaired) electrons. The van der Waals surface area contributed by atoms with Crippen molar-refractivity contribution in [2.75, 3.05) is 0 Å². The van der Waals surface area contributed by atoms with E-state index in [0.29, 0.717) is 11.2 Å². The van der Waals surface area contributed by atoms with E-state index in [9.17, 15) is 19.1 Å². The lowest BCUT2D eigenvalue weighted by Gasteiger charge is -2.12. The summed E-state index contributed by atoms with van der Waals surface area (Å²) in [5.74, 6) is -2.76. The van der Waals surface area contributed by atoms with Gasteiger partial charge in [-0.05, 0) is 37.5 Å². The summed E-state index contributed by atoms with van der Waals surface area (Å²) in [5.41, 5.74) is 1.00. The summed E-state index contributed by atoms with van der Waals surface area (Å²) in [4.78, 5) is 23.9. The molecule has 6 heteroatoms. The van der Waals surface area contributed by atoms with Crippen molar-refractivity contribution in [3.8, 4) is 5.75 Å². The first kappa shape index (κ1) is 15.5. The maximum atomic E-state index is 14.4. The summed E-state index contributed by atoms with van der Waals surface area (Å²) in [6.45, 7) is 1.63. The normalized spacial score (nSPS) is 15.4. The summed E-state index contributed by atoms with van der Waals surface area (Å²) in [6, 6.07) is 2.67. The van der Waals surface area contributed by atoms with Gasteiger partial charge in [0.15, 0.2) is 11.6 Å². The minimum atomic E-state index is -1.11. The highest BCUT2D eigenvalue weighted by Crippen LogP contribution is 2.35. The highest BCUT2D eigenvalue weighted by Gasteiger charge is 2.29. The van der Waals surface area contributed by atoms with E-state index in [1.165, 1.54) is 16.7 Å². The van der Waals surface area contributed by atoms with Crippen molar-refractivity contribution < 1.29 is 24.2 Å². The molecule has 0 bridgehead atoms. The van der Waals surface area contributed by atoms with Crippen LogP contribution < -0.4 is 0 Å². The first-order valence-corrected chi connectivity index (χ1v) is 7.69. The summed E-state index contributed by atoms with van der Waals surface area (Å²) >= 11 is 0. The topological polar surface area (TPSA) is 79.5 Å². The molecule has 122 valence electrons. The molecule has 0 saturated heterocycles. The predicted molar refractivity (Wildman–Crippen MR) is 82.2 cm³/mol. The quantitative estimate of drug-likeness (QED) is 0.910. The average Bonchev–Trinajstić information content (AvgIpc) is 3.10. The fraction of sp³-hybridized carbons (Fsp3) is 0.412. The third-order valence-electron chi connectivity index (χ3n) is 4.67. The van der Waals surface area contributed by atoms with Crippen molar-refractivity contribution in [1.29, 1.82) is 0 Å². The number of benzene rings is 1. The minimum Gasteiger partial charge on any atom is -0.505 e. The standard InChI is InChI=1S/C17H18FNO4/c1-9-11(8-14(21)22)15-12(6-7-13(20)16(15)18)19(9)17(23)10-4-2-3-5-10/h6-7,10,20H,2-5,8H2,1H3,(H,21,22). The van der Waals surface area contributed by atoms with Crippen LogP contribution in [0.5, 0.6) is 5.75 Å². The fourth-order valence-electron chi connectivity index (χ4n) is 3.53. The van der Waals surface area contributed by atoms with Crippen molar-refractivity contribution >= 4 is 22.8 Å². The van der Waals surface area contributed by atoms with Gasteiger partial charge in [0.2, 0.25) is 5.91 Å². The second-order valence-corrected chi connectivity index (χ2v) is 6.08. The summed E-state index contributed by atoms with van der Waals surface area (Å²) in [7, 11) is 0. The van der Waals surface area contributed by atoms with Crippen molar-refractivity contribution in [3.63, 3.8) is 0 Å². The molecule has 0 atom stereocenters. The summed E-state index contributed by atoms with van der Waals surface area (Å²) in [5, 5.41) is 18.7. The molecule has 23 heavy (non-hydrogen) atoms. The fourth-order valence-corrected chi connectivity index (χ4v) is 3.53. The van der Waals surface area contributed by atoms with E-state index in [1.807, 2.05) is 0 Å². The molecule has 1 heterocycles. The van der Waals surface area contributed by atoms with Gasteiger partial charge in [0.25, 0.3) is 0 Å². The van der Waals surface area contributed by atoms with E-state index >= 15 is 0 Å². The number of aliphatic carboxylic acids is 1. The van der Waals surface area contributed by atoms with Crippen molar-refractivity contribution in [1.82, 2.24) is 4.57 Å². The summed E-state index contributed by atoms with van der Waals surface area (Å²) < 4.78 is 15.8. The third-order valence-corrected chi connectivity index (χ3v) is 4.67. The zero-order valence-electron chi connectivity index (χ0n) is 12.8. The number of aromatic nitrogens is 1. The van der Waals surface area contributed by atoms with Crippen LogP contribution in [0.15, 0.2) is 12.1 Å². The minimum absolute atomic E-state index is 0.0243. The first-order valence-electron chi connectivity index (χ1n) is 7.69. The number of carboxylic acids is 1. The van der Waals surface area contributed by atoms with Gasteiger partial charge in [-0.15, -0.1) is 0 Å². The SMILES string of the molecule is Cc1c(CC(=O)O)c2c(F)c(O)ccc2n1C(=O)C1CCCC1. The Kier molecular flexibility index (Phi) is 3.83. The van der Waals surface area contributed by atoms with E-state index in [4.69, 9.17) is 5.11 Å². The van der Waals surface area contributed by atoms with Crippen LogP contribution in [0.3, 0.4) is 0 Å². The lowest BCUT2D eigenvalue weighted by molar-refractivity contribution is -0.136. The number of phenols is 1. The Morgan fingerprint density at radius 2 is 1.96 bits per heavy atom. The lowest BCUT2D eigenvalue weighted by atomic mass is 10.1. The maximum Gasteiger partial charge on any atom is 0.307 e. The van der Waals surface area contributed by atoms with Gasteiger partial charge in [0.1, 0.15) is 0 Å². The number of nitrogens with zero attached hydrogens (tertiary/aromatic N) is 1. The molecule has 1 aromatic carbocycles. The van der Waals surface area contributed by atoms with Crippen LogP contribution in [0.4, 0.5) is 4.39 Å². The summed E-state index contributed by atoms with van der Waals surface area (Å²) in [6.07, 6.45) is 3.19. The highest BCUT2D eigenvalue weighted by molar-refractivity contribution is 5.99. The predicted octanol–water partition coefficient (Wildman–Crippen LogP) is 3.25. The molecule has 1 fully saturated rings. The molecule has 1 aromatic heterocycles. The van der Waals surface area contributed by atoms with Gasteiger partial charge >= 0.3 is 5.97 Å². The zero-order valence-corrected chi connectivity index (χ0v) is 12.8. The Morgan fingerprint density at radius 1 is 1.30 bits per heavy atom. The van der Waals surface area contributed by atoms with Gasteiger partial charge < -0.3 is 10.2 Å². The van der Waals surface area contributed by atoms with Crippen LogP contribution in [0, 0.1) is 18.7 Å². The molecule has 5 nitrogen and oxygen atoms in total. The monoisotopic (exact) mass is 319 g/mol. The molecule has 1 aliphatic carbocycles. The smallest absolute Gasteiger partial charge is 0.307 e. The molecule has 0 unspecified atom stereocenters. The zero-order chi connectivity index (χ0) is 16.7. The van der Waals surface area contributed by atoms with Crippen molar-refractivity contribution in [3.05, 3.63) is 29.2 Å². The highest BCUT2D eigenvalue weighted by atomic mass is 19.1. The van der Waals surface area contributed by atoms with Crippen LogP contribution >= 0.6 is 0 Å². The molecule has 0 amide bonds. The second kappa shape index (κ2) is 5.68. The van der Waals surface area contributed by atoms with Crippen LogP contribution in [0.1, 0.15) is 41.7 Å².